The minimum Gasteiger partial charge on any atom is -0.371 e. The van der Waals surface area contributed by atoms with Crippen LogP contribution in [0, 0.1) is 0 Å². The molecule has 2 rings (SSSR count). The van der Waals surface area contributed by atoms with Crippen LogP contribution in [0.1, 0.15) is 24.8 Å². The van der Waals surface area contributed by atoms with Gasteiger partial charge in [-0.05, 0) is 51.1 Å². The number of anilines is 1. The number of benzene rings is 1. The van der Waals surface area contributed by atoms with Gasteiger partial charge in [-0.3, -0.25) is 0 Å². The second-order valence-electron chi connectivity index (χ2n) is 5.06. The molecule has 1 aromatic carbocycles. The van der Waals surface area contributed by atoms with Crippen LogP contribution in [0.25, 0.3) is 0 Å². The van der Waals surface area contributed by atoms with E-state index in [1.54, 1.807) is 0 Å². The zero-order valence-electron chi connectivity index (χ0n) is 10.7. The van der Waals surface area contributed by atoms with Crippen molar-refractivity contribution in [2.75, 3.05) is 32.1 Å². The number of halogens is 1. The molecule has 1 aromatic rings. The van der Waals surface area contributed by atoms with E-state index in [9.17, 15) is 0 Å². The van der Waals surface area contributed by atoms with Crippen molar-refractivity contribution < 1.29 is 0 Å². The number of hydrogen-bond acceptors (Lipinski definition) is 2. The first-order chi connectivity index (χ1) is 8.16. The van der Waals surface area contributed by atoms with Crippen molar-refractivity contribution in [2.45, 2.75) is 25.8 Å². The highest BCUT2D eigenvalue weighted by atomic mass is 79.9. The molecule has 0 aromatic heterocycles. The van der Waals surface area contributed by atoms with Crippen LogP contribution in [-0.2, 0) is 6.54 Å². The van der Waals surface area contributed by atoms with E-state index in [1.807, 2.05) is 0 Å². The molecule has 17 heavy (non-hydrogen) atoms. The predicted octanol–water partition coefficient (Wildman–Crippen LogP) is 3.50. The first-order valence-electron chi connectivity index (χ1n) is 6.35. The van der Waals surface area contributed by atoms with Crippen LogP contribution < -0.4 is 4.90 Å². The van der Waals surface area contributed by atoms with Crippen molar-refractivity contribution in [2.24, 2.45) is 0 Å². The fraction of sp³-hybridized carbons (Fsp3) is 0.571. The molecular formula is C14H21BrN2. The lowest BCUT2D eigenvalue weighted by atomic mass is 10.1. The molecule has 2 nitrogen and oxygen atoms in total. The molecule has 0 aliphatic carbocycles. The number of hydrogen-bond donors (Lipinski definition) is 0. The van der Waals surface area contributed by atoms with Crippen LogP contribution in [0.3, 0.4) is 0 Å². The topological polar surface area (TPSA) is 6.48 Å². The third-order valence-corrected chi connectivity index (χ3v) is 3.72. The maximum absolute atomic E-state index is 3.59. The Kier molecular flexibility index (Phi) is 4.46. The lowest BCUT2D eigenvalue weighted by molar-refractivity contribution is 0.402. The summed E-state index contributed by atoms with van der Waals surface area (Å²) in [5, 5.41) is 0. The van der Waals surface area contributed by atoms with Crippen molar-refractivity contribution in [3.8, 4) is 0 Å². The number of nitrogens with zero attached hydrogens (tertiary/aromatic N) is 2. The molecule has 1 saturated heterocycles. The third-order valence-electron chi connectivity index (χ3n) is 3.23. The van der Waals surface area contributed by atoms with E-state index in [2.05, 4.69) is 58.0 Å². The Morgan fingerprint density at radius 1 is 1.18 bits per heavy atom. The second-order valence-corrected chi connectivity index (χ2v) is 5.97. The van der Waals surface area contributed by atoms with Crippen LogP contribution in [0.4, 0.5) is 5.69 Å². The molecule has 0 radical (unpaired) electrons. The zero-order chi connectivity index (χ0) is 12.3. The lowest BCUT2D eigenvalue weighted by Gasteiger charge is -2.31. The molecule has 1 aliphatic rings. The largest absolute Gasteiger partial charge is 0.371 e. The van der Waals surface area contributed by atoms with Crippen molar-refractivity contribution in [1.29, 1.82) is 0 Å². The smallest absolute Gasteiger partial charge is 0.0423 e. The standard InChI is InChI=1S/C14H21BrN2/c1-16(2)11-12-6-7-13(15)10-14(12)17-8-4-3-5-9-17/h6-7,10H,3-5,8-9,11H2,1-2H3. The van der Waals surface area contributed by atoms with Crippen molar-refractivity contribution >= 4 is 21.6 Å². The zero-order valence-corrected chi connectivity index (χ0v) is 12.3. The van der Waals surface area contributed by atoms with E-state index in [0.29, 0.717) is 0 Å². The first kappa shape index (κ1) is 12.9. The quantitative estimate of drug-likeness (QED) is 0.842. The Hall–Kier alpha value is -0.540. The highest BCUT2D eigenvalue weighted by Crippen LogP contribution is 2.28. The van der Waals surface area contributed by atoms with Crippen LogP contribution >= 0.6 is 15.9 Å². The molecule has 0 N–H and O–H groups in total. The lowest BCUT2D eigenvalue weighted by Crippen LogP contribution is -2.30. The van der Waals surface area contributed by atoms with Gasteiger partial charge in [-0.2, -0.15) is 0 Å². The number of piperidine rings is 1. The van der Waals surface area contributed by atoms with Gasteiger partial charge >= 0.3 is 0 Å². The van der Waals surface area contributed by atoms with Gasteiger partial charge < -0.3 is 9.80 Å². The van der Waals surface area contributed by atoms with E-state index >= 15 is 0 Å². The predicted molar refractivity (Wildman–Crippen MR) is 77.6 cm³/mol. The van der Waals surface area contributed by atoms with Crippen LogP contribution in [0.5, 0.6) is 0 Å². The Morgan fingerprint density at radius 3 is 2.53 bits per heavy atom. The first-order valence-corrected chi connectivity index (χ1v) is 7.14. The highest BCUT2D eigenvalue weighted by Gasteiger charge is 2.15. The van der Waals surface area contributed by atoms with E-state index < -0.39 is 0 Å². The van der Waals surface area contributed by atoms with Gasteiger partial charge in [-0.1, -0.05) is 22.0 Å². The summed E-state index contributed by atoms with van der Waals surface area (Å²) >= 11 is 3.59. The molecule has 1 fully saturated rings. The van der Waals surface area contributed by atoms with Crippen LogP contribution in [0.2, 0.25) is 0 Å². The maximum atomic E-state index is 3.59. The fourth-order valence-electron chi connectivity index (χ4n) is 2.44. The minimum absolute atomic E-state index is 1.01. The van der Waals surface area contributed by atoms with Gasteiger partial charge in [0.05, 0.1) is 0 Å². The normalized spacial score (nSPS) is 16.6. The van der Waals surface area contributed by atoms with Gasteiger partial charge in [-0.15, -0.1) is 0 Å². The summed E-state index contributed by atoms with van der Waals surface area (Å²) in [6, 6.07) is 6.66. The maximum Gasteiger partial charge on any atom is 0.0423 e. The van der Waals surface area contributed by atoms with Crippen molar-refractivity contribution in [3.05, 3.63) is 28.2 Å². The van der Waals surface area contributed by atoms with E-state index in [4.69, 9.17) is 0 Å². The van der Waals surface area contributed by atoms with Gasteiger partial charge in [0, 0.05) is 29.8 Å². The third kappa shape index (κ3) is 3.46. The summed E-state index contributed by atoms with van der Waals surface area (Å²) < 4.78 is 1.18. The van der Waals surface area contributed by atoms with Gasteiger partial charge in [0.1, 0.15) is 0 Å². The van der Waals surface area contributed by atoms with E-state index in [0.717, 1.165) is 6.54 Å². The molecule has 1 heterocycles. The van der Waals surface area contributed by atoms with Gasteiger partial charge in [-0.25, -0.2) is 0 Å². The molecule has 0 saturated carbocycles. The summed E-state index contributed by atoms with van der Waals surface area (Å²) in [5.74, 6) is 0. The van der Waals surface area contributed by atoms with Crippen LogP contribution in [0.15, 0.2) is 22.7 Å². The fourth-order valence-corrected chi connectivity index (χ4v) is 2.79. The van der Waals surface area contributed by atoms with E-state index in [1.165, 1.54) is 48.1 Å². The average molecular weight is 297 g/mol. The molecule has 3 heteroatoms. The van der Waals surface area contributed by atoms with Gasteiger partial charge in [0.25, 0.3) is 0 Å². The minimum atomic E-state index is 1.01. The molecule has 94 valence electrons. The van der Waals surface area contributed by atoms with Crippen LogP contribution in [-0.4, -0.2) is 32.1 Å². The summed E-state index contributed by atoms with van der Waals surface area (Å²) in [4.78, 5) is 4.77. The Bertz CT molecular complexity index is 370. The Balaban J connectivity index is 2.25. The summed E-state index contributed by atoms with van der Waals surface area (Å²) in [6.45, 7) is 3.42. The molecule has 0 bridgehead atoms. The van der Waals surface area contributed by atoms with Gasteiger partial charge in [0.2, 0.25) is 0 Å². The summed E-state index contributed by atoms with van der Waals surface area (Å²) in [6.07, 6.45) is 4.04. The molecule has 0 amide bonds. The van der Waals surface area contributed by atoms with Crippen molar-refractivity contribution in [1.82, 2.24) is 4.90 Å². The molecular weight excluding hydrogens is 276 g/mol. The molecule has 0 atom stereocenters. The van der Waals surface area contributed by atoms with E-state index in [-0.39, 0.29) is 0 Å². The summed E-state index contributed by atoms with van der Waals surface area (Å²) in [5.41, 5.74) is 2.84. The second kappa shape index (κ2) is 5.87. The average Bonchev–Trinajstić information content (AvgIpc) is 2.32. The molecule has 1 aliphatic heterocycles. The molecule has 0 spiro atoms. The Labute approximate surface area is 113 Å². The monoisotopic (exact) mass is 296 g/mol. The number of rotatable bonds is 3. The highest BCUT2D eigenvalue weighted by molar-refractivity contribution is 9.10. The Morgan fingerprint density at radius 2 is 1.88 bits per heavy atom. The summed E-state index contributed by atoms with van der Waals surface area (Å²) in [7, 11) is 4.25. The van der Waals surface area contributed by atoms with Crippen molar-refractivity contribution in [3.63, 3.8) is 0 Å². The SMILES string of the molecule is CN(C)Cc1ccc(Br)cc1N1CCCCC1. The van der Waals surface area contributed by atoms with Gasteiger partial charge in [0.15, 0.2) is 0 Å². The molecule has 0 unspecified atom stereocenters.